The van der Waals surface area contributed by atoms with Crippen LogP contribution in [0.2, 0.25) is 5.02 Å². The van der Waals surface area contributed by atoms with Crippen molar-refractivity contribution in [3.63, 3.8) is 0 Å². The number of nitrogens with zero attached hydrogens (tertiary/aromatic N) is 2. The molecule has 2 aromatic rings. The Bertz CT molecular complexity index is 697. The smallest absolute Gasteiger partial charge is 0.273 e. The third-order valence-corrected chi connectivity index (χ3v) is 5.60. The Balaban J connectivity index is 0.00000208. The first-order chi connectivity index (χ1) is 11.1. The third-order valence-electron chi connectivity index (χ3n) is 4.40. The fourth-order valence-electron chi connectivity index (χ4n) is 2.92. The van der Waals surface area contributed by atoms with Crippen LogP contribution in [0.15, 0.2) is 29.6 Å². The second-order valence-corrected chi connectivity index (χ2v) is 7.27. The molecule has 2 N–H and O–H groups in total. The fourth-order valence-corrected chi connectivity index (χ4v) is 4.03. The van der Waals surface area contributed by atoms with Gasteiger partial charge < -0.3 is 10.6 Å². The number of carbonyl (C=O) groups excluding carboxylic acids is 1. The Morgan fingerprint density at radius 3 is 2.67 bits per heavy atom. The number of likely N-dealkylation sites (tertiary alicyclic amines) is 1. The molecule has 1 unspecified atom stereocenters. The van der Waals surface area contributed by atoms with E-state index in [0.717, 1.165) is 36.5 Å². The molecular formula is C17H21Cl2N3OS. The van der Waals surface area contributed by atoms with E-state index in [1.165, 1.54) is 11.3 Å². The van der Waals surface area contributed by atoms with Crippen LogP contribution in [-0.2, 0) is 0 Å². The van der Waals surface area contributed by atoms with Crippen molar-refractivity contribution in [2.45, 2.75) is 25.8 Å². The highest BCUT2D eigenvalue weighted by Crippen LogP contribution is 2.30. The molecule has 0 saturated carbocycles. The molecule has 1 aromatic heterocycles. The summed E-state index contributed by atoms with van der Waals surface area (Å²) in [6.07, 6.45) is 1.93. The summed E-state index contributed by atoms with van der Waals surface area (Å²) in [4.78, 5) is 19.0. The molecule has 0 radical (unpaired) electrons. The molecule has 1 atom stereocenters. The number of benzene rings is 1. The maximum absolute atomic E-state index is 12.6. The Kier molecular flexibility index (Phi) is 6.63. The molecule has 1 aromatic carbocycles. The number of amides is 1. The predicted octanol–water partition coefficient (Wildman–Crippen LogP) is 4.08. The molecule has 1 aliphatic heterocycles. The topological polar surface area (TPSA) is 59.2 Å². The number of aromatic nitrogens is 1. The number of piperidine rings is 1. The molecule has 1 saturated heterocycles. The Morgan fingerprint density at radius 2 is 2.04 bits per heavy atom. The van der Waals surface area contributed by atoms with Crippen LogP contribution in [-0.4, -0.2) is 34.9 Å². The highest BCUT2D eigenvalue weighted by Gasteiger charge is 2.26. The fraction of sp³-hybridized carbons (Fsp3) is 0.412. The van der Waals surface area contributed by atoms with Gasteiger partial charge in [-0.1, -0.05) is 29.8 Å². The van der Waals surface area contributed by atoms with Gasteiger partial charge in [0.05, 0.1) is 5.02 Å². The quantitative estimate of drug-likeness (QED) is 0.865. The lowest BCUT2D eigenvalue weighted by Gasteiger charge is -2.33. The van der Waals surface area contributed by atoms with E-state index in [9.17, 15) is 4.79 Å². The van der Waals surface area contributed by atoms with Crippen molar-refractivity contribution in [1.29, 1.82) is 0 Å². The number of hydrogen-bond donors (Lipinski definition) is 1. The summed E-state index contributed by atoms with van der Waals surface area (Å²) in [6, 6.07) is 7.75. The maximum Gasteiger partial charge on any atom is 0.273 e. The van der Waals surface area contributed by atoms with Crippen LogP contribution >= 0.6 is 35.3 Å². The van der Waals surface area contributed by atoms with Gasteiger partial charge in [0.2, 0.25) is 0 Å². The van der Waals surface area contributed by atoms with Gasteiger partial charge in [-0.05, 0) is 31.7 Å². The number of halogens is 2. The standard InChI is InChI=1S/C17H20ClN3OS.ClH/c1-11(19)12-6-8-21(9-7-12)17(22)15-10-23-16(20-15)13-4-2-3-5-14(13)18;/h2-5,10-12H,6-9,19H2,1H3;1H. The molecule has 3 rings (SSSR count). The van der Waals surface area contributed by atoms with Crippen LogP contribution in [0.3, 0.4) is 0 Å². The summed E-state index contributed by atoms with van der Waals surface area (Å²) >= 11 is 7.65. The number of nitrogens with two attached hydrogens (primary N) is 1. The van der Waals surface area contributed by atoms with Crippen LogP contribution < -0.4 is 5.73 Å². The highest BCUT2D eigenvalue weighted by atomic mass is 35.5. The number of hydrogen-bond acceptors (Lipinski definition) is 4. The van der Waals surface area contributed by atoms with Crippen LogP contribution in [0, 0.1) is 5.92 Å². The second-order valence-electron chi connectivity index (χ2n) is 6.01. The van der Waals surface area contributed by atoms with Crippen LogP contribution in [0.4, 0.5) is 0 Å². The van der Waals surface area contributed by atoms with Crippen molar-refractivity contribution in [3.8, 4) is 10.6 Å². The molecule has 0 spiro atoms. The zero-order valence-corrected chi connectivity index (χ0v) is 15.8. The van der Waals surface area contributed by atoms with E-state index < -0.39 is 0 Å². The Labute approximate surface area is 157 Å². The van der Waals surface area contributed by atoms with E-state index in [4.69, 9.17) is 17.3 Å². The first-order valence-corrected chi connectivity index (χ1v) is 9.07. The summed E-state index contributed by atoms with van der Waals surface area (Å²) in [5, 5.41) is 3.25. The van der Waals surface area contributed by atoms with Crippen LogP contribution in [0.5, 0.6) is 0 Å². The Hall–Kier alpha value is -1.14. The van der Waals surface area contributed by atoms with Gasteiger partial charge in [-0.25, -0.2) is 4.98 Å². The van der Waals surface area contributed by atoms with Gasteiger partial charge >= 0.3 is 0 Å². The Morgan fingerprint density at radius 1 is 1.38 bits per heavy atom. The average Bonchev–Trinajstić information content (AvgIpc) is 3.04. The summed E-state index contributed by atoms with van der Waals surface area (Å²) in [5.41, 5.74) is 7.33. The molecule has 7 heteroatoms. The zero-order chi connectivity index (χ0) is 16.4. The monoisotopic (exact) mass is 385 g/mol. The molecule has 4 nitrogen and oxygen atoms in total. The number of rotatable bonds is 3. The van der Waals surface area contributed by atoms with E-state index >= 15 is 0 Å². The number of thiazole rings is 1. The lowest BCUT2D eigenvalue weighted by atomic mass is 9.91. The van der Waals surface area contributed by atoms with Gasteiger partial charge in [0.1, 0.15) is 10.7 Å². The van der Waals surface area contributed by atoms with Gasteiger partial charge in [0.15, 0.2) is 0 Å². The van der Waals surface area contributed by atoms with E-state index in [1.807, 2.05) is 41.5 Å². The van der Waals surface area contributed by atoms with E-state index in [-0.39, 0.29) is 24.4 Å². The first kappa shape index (κ1) is 19.2. The molecule has 0 aliphatic carbocycles. The zero-order valence-electron chi connectivity index (χ0n) is 13.4. The molecule has 1 aliphatic rings. The summed E-state index contributed by atoms with van der Waals surface area (Å²) in [6.45, 7) is 3.55. The molecular weight excluding hydrogens is 365 g/mol. The van der Waals surface area contributed by atoms with Gasteiger partial charge in [-0.15, -0.1) is 23.7 Å². The minimum Gasteiger partial charge on any atom is -0.337 e. The SMILES string of the molecule is CC(N)C1CCN(C(=O)c2csc(-c3ccccc3Cl)n2)CC1.Cl. The normalized spacial score (nSPS) is 16.5. The van der Waals surface area contributed by atoms with Crippen molar-refractivity contribution >= 4 is 41.3 Å². The van der Waals surface area contributed by atoms with Gasteiger partial charge in [0, 0.05) is 30.1 Å². The first-order valence-electron chi connectivity index (χ1n) is 7.81. The molecule has 2 heterocycles. The maximum atomic E-state index is 12.6. The second kappa shape index (κ2) is 8.30. The molecule has 130 valence electrons. The van der Waals surface area contributed by atoms with E-state index in [2.05, 4.69) is 4.98 Å². The molecule has 1 amide bonds. The highest BCUT2D eigenvalue weighted by molar-refractivity contribution is 7.13. The van der Waals surface area contributed by atoms with Gasteiger partial charge in [-0.3, -0.25) is 4.79 Å². The van der Waals surface area contributed by atoms with Crippen molar-refractivity contribution in [1.82, 2.24) is 9.88 Å². The molecule has 24 heavy (non-hydrogen) atoms. The van der Waals surface area contributed by atoms with Crippen molar-refractivity contribution in [3.05, 3.63) is 40.4 Å². The average molecular weight is 386 g/mol. The van der Waals surface area contributed by atoms with Crippen molar-refractivity contribution < 1.29 is 4.79 Å². The lowest BCUT2D eigenvalue weighted by molar-refractivity contribution is 0.0676. The van der Waals surface area contributed by atoms with Gasteiger partial charge in [-0.2, -0.15) is 0 Å². The predicted molar refractivity (Wildman–Crippen MR) is 102 cm³/mol. The van der Waals surface area contributed by atoms with Crippen LogP contribution in [0.1, 0.15) is 30.3 Å². The third kappa shape index (κ3) is 4.09. The lowest BCUT2D eigenvalue weighted by Crippen LogP contribution is -2.42. The van der Waals surface area contributed by atoms with Gasteiger partial charge in [0.25, 0.3) is 5.91 Å². The summed E-state index contributed by atoms with van der Waals surface area (Å²) < 4.78 is 0. The van der Waals surface area contributed by atoms with Crippen molar-refractivity contribution in [2.75, 3.05) is 13.1 Å². The molecule has 1 fully saturated rings. The minimum atomic E-state index is 0. The van der Waals surface area contributed by atoms with E-state index in [1.54, 1.807) is 0 Å². The van der Waals surface area contributed by atoms with E-state index in [0.29, 0.717) is 16.6 Å². The molecule has 0 bridgehead atoms. The summed E-state index contributed by atoms with van der Waals surface area (Å²) in [5.74, 6) is 0.510. The van der Waals surface area contributed by atoms with Crippen molar-refractivity contribution in [2.24, 2.45) is 11.7 Å². The minimum absolute atomic E-state index is 0. The largest absolute Gasteiger partial charge is 0.337 e. The summed E-state index contributed by atoms with van der Waals surface area (Å²) in [7, 11) is 0. The number of carbonyl (C=O) groups is 1. The van der Waals surface area contributed by atoms with Crippen LogP contribution in [0.25, 0.3) is 10.6 Å².